The van der Waals surface area contributed by atoms with Gasteiger partial charge in [0.2, 0.25) is 15.9 Å². The van der Waals surface area contributed by atoms with Crippen LogP contribution in [0.5, 0.6) is 0 Å². The second-order valence-corrected chi connectivity index (χ2v) is 9.71. The molecule has 28 heavy (non-hydrogen) atoms. The van der Waals surface area contributed by atoms with E-state index < -0.39 is 10.0 Å². The molecular weight excluding hydrogens is 398 g/mol. The second kappa shape index (κ2) is 10.1. The first-order valence-corrected chi connectivity index (χ1v) is 11.5. The van der Waals surface area contributed by atoms with Gasteiger partial charge in [-0.25, -0.2) is 8.42 Å². The second-order valence-electron chi connectivity index (χ2n) is 7.77. The monoisotopic (exact) mass is 429 g/mol. The molecule has 1 saturated heterocycles. The van der Waals surface area contributed by atoms with Crippen molar-refractivity contribution in [3.05, 3.63) is 29.8 Å². The SMILES string of the molecule is CC(CN)C(=O)N1CCN(S(=O)(=O)c2ccc(C3CCCCC3)cc2)CC1.Cl. The Balaban J connectivity index is 0.00000280. The lowest BCUT2D eigenvalue weighted by atomic mass is 9.84. The van der Waals surface area contributed by atoms with E-state index in [9.17, 15) is 13.2 Å². The maximum Gasteiger partial charge on any atom is 0.243 e. The predicted molar refractivity (Wildman–Crippen MR) is 113 cm³/mol. The molecule has 1 unspecified atom stereocenters. The summed E-state index contributed by atoms with van der Waals surface area (Å²) < 4.78 is 27.4. The lowest BCUT2D eigenvalue weighted by Crippen LogP contribution is -2.52. The molecule has 158 valence electrons. The van der Waals surface area contributed by atoms with E-state index in [1.807, 2.05) is 12.1 Å². The first kappa shape index (κ1) is 23.1. The Morgan fingerprint density at radius 2 is 1.64 bits per heavy atom. The number of amides is 1. The zero-order valence-corrected chi connectivity index (χ0v) is 18.2. The fourth-order valence-corrected chi connectivity index (χ4v) is 5.48. The summed E-state index contributed by atoms with van der Waals surface area (Å²) in [7, 11) is -3.51. The lowest BCUT2D eigenvalue weighted by Gasteiger charge is -2.35. The Hall–Kier alpha value is -1.15. The van der Waals surface area contributed by atoms with Gasteiger partial charge in [0.15, 0.2) is 0 Å². The highest BCUT2D eigenvalue weighted by atomic mass is 35.5. The molecule has 8 heteroatoms. The van der Waals surface area contributed by atoms with Crippen LogP contribution in [0.15, 0.2) is 29.2 Å². The number of sulfonamides is 1. The summed E-state index contributed by atoms with van der Waals surface area (Å²) in [4.78, 5) is 14.3. The van der Waals surface area contributed by atoms with Gasteiger partial charge in [-0.05, 0) is 36.5 Å². The molecule has 2 fully saturated rings. The minimum absolute atomic E-state index is 0. The van der Waals surface area contributed by atoms with Gasteiger partial charge in [-0.2, -0.15) is 4.31 Å². The van der Waals surface area contributed by atoms with E-state index in [-0.39, 0.29) is 24.2 Å². The molecule has 2 N–H and O–H groups in total. The standard InChI is InChI=1S/C20H31N3O3S.ClH/c1-16(15-21)20(24)22-11-13-23(14-12-22)27(25,26)19-9-7-18(8-10-19)17-5-3-2-4-6-17;/h7-10,16-17H,2-6,11-15,21H2,1H3;1H. The summed E-state index contributed by atoms with van der Waals surface area (Å²) in [6.07, 6.45) is 6.22. The van der Waals surface area contributed by atoms with Crippen LogP contribution in [0.2, 0.25) is 0 Å². The molecule has 1 saturated carbocycles. The Bertz CT molecular complexity index is 740. The highest BCUT2D eigenvalue weighted by molar-refractivity contribution is 7.89. The van der Waals surface area contributed by atoms with Crippen molar-refractivity contribution >= 4 is 28.3 Å². The van der Waals surface area contributed by atoms with Crippen molar-refractivity contribution in [1.29, 1.82) is 0 Å². The zero-order valence-electron chi connectivity index (χ0n) is 16.5. The van der Waals surface area contributed by atoms with Crippen molar-refractivity contribution in [2.75, 3.05) is 32.7 Å². The average molecular weight is 430 g/mol. The molecule has 1 aliphatic heterocycles. The van der Waals surface area contributed by atoms with Crippen LogP contribution in [-0.2, 0) is 14.8 Å². The highest BCUT2D eigenvalue weighted by Gasteiger charge is 2.31. The van der Waals surface area contributed by atoms with Crippen LogP contribution in [0.1, 0.15) is 50.5 Å². The molecule has 0 bridgehead atoms. The van der Waals surface area contributed by atoms with E-state index in [1.165, 1.54) is 42.0 Å². The largest absolute Gasteiger partial charge is 0.340 e. The van der Waals surface area contributed by atoms with Gasteiger partial charge in [0, 0.05) is 38.6 Å². The van der Waals surface area contributed by atoms with Gasteiger partial charge in [-0.1, -0.05) is 38.3 Å². The number of benzene rings is 1. The van der Waals surface area contributed by atoms with E-state index in [4.69, 9.17) is 5.73 Å². The van der Waals surface area contributed by atoms with Crippen LogP contribution in [-0.4, -0.2) is 56.3 Å². The molecule has 1 amide bonds. The summed E-state index contributed by atoms with van der Waals surface area (Å²) >= 11 is 0. The summed E-state index contributed by atoms with van der Waals surface area (Å²) in [5.74, 6) is 0.349. The third-order valence-corrected chi connectivity index (χ3v) is 7.83. The number of rotatable bonds is 5. The first-order chi connectivity index (χ1) is 12.9. The Morgan fingerprint density at radius 3 is 2.18 bits per heavy atom. The zero-order chi connectivity index (χ0) is 19.4. The van der Waals surface area contributed by atoms with Crippen LogP contribution in [0.4, 0.5) is 0 Å². The molecule has 0 radical (unpaired) electrons. The summed E-state index contributed by atoms with van der Waals surface area (Å²) in [5.41, 5.74) is 6.81. The maximum atomic E-state index is 12.9. The van der Waals surface area contributed by atoms with Gasteiger partial charge in [0.25, 0.3) is 0 Å². The Morgan fingerprint density at radius 1 is 1.07 bits per heavy atom. The van der Waals surface area contributed by atoms with Crippen molar-refractivity contribution in [2.45, 2.75) is 49.8 Å². The van der Waals surface area contributed by atoms with Crippen LogP contribution in [0.25, 0.3) is 0 Å². The topological polar surface area (TPSA) is 83.7 Å². The number of nitrogens with two attached hydrogens (primary N) is 1. The first-order valence-electron chi connectivity index (χ1n) is 10.0. The molecule has 1 heterocycles. The van der Waals surface area contributed by atoms with Crippen molar-refractivity contribution in [3.8, 4) is 0 Å². The van der Waals surface area contributed by atoms with Gasteiger partial charge in [0.1, 0.15) is 0 Å². The normalized spacial score (nSPS) is 20.4. The van der Waals surface area contributed by atoms with Crippen LogP contribution < -0.4 is 5.73 Å². The molecule has 3 rings (SSSR count). The number of hydrogen-bond donors (Lipinski definition) is 1. The van der Waals surface area contributed by atoms with Crippen molar-refractivity contribution in [1.82, 2.24) is 9.21 Å². The number of carbonyl (C=O) groups excluding carboxylic acids is 1. The van der Waals surface area contributed by atoms with Crippen LogP contribution >= 0.6 is 12.4 Å². The minimum atomic E-state index is -3.51. The van der Waals surface area contributed by atoms with Crippen LogP contribution in [0, 0.1) is 5.92 Å². The molecule has 0 aromatic heterocycles. The number of halogens is 1. The number of carbonyl (C=O) groups is 1. The van der Waals surface area contributed by atoms with Gasteiger partial charge in [-0.15, -0.1) is 12.4 Å². The van der Waals surface area contributed by atoms with Crippen molar-refractivity contribution < 1.29 is 13.2 Å². The molecule has 1 aromatic rings. The molecular formula is C20H32ClN3O3S. The summed E-state index contributed by atoms with van der Waals surface area (Å²) in [5, 5.41) is 0. The van der Waals surface area contributed by atoms with Gasteiger partial charge >= 0.3 is 0 Å². The number of piperazine rings is 1. The third-order valence-electron chi connectivity index (χ3n) is 5.92. The molecule has 2 aliphatic rings. The highest BCUT2D eigenvalue weighted by Crippen LogP contribution is 2.33. The van der Waals surface area contributed by atoms with Gasteiger partial charge in [-0.3, -0.25) is 4.79 Å². The molecule has 6 nitrogen and oxygen atoms in total. The third kappa shape index (κ3) is 5.06. The fourth-order valence-electron chi connectivity index (χ4n) is 4.06. The predicted octanol–water partition coefficient (Wildman–Crippen LogP) is 2.58. The summed E-state index contributed by atoms with van der Waals surface area (Å²) in [6.45, 7) is 3.61. The van der Waals surface area contributed by atoms with E-state index in [0.29, 0.717) is 43.5 Å². The van der Waals surface area contributed by atoms with E-state index in [0.717, 1.165) is 0 Å². The van der Waals surface area contributed by atoms with E-state index in [2.05, 4.69) is 0 Å². The fraction of sp³-hybridized carbons (Fsp3) is 0.650. The van der Waals surface area contributed by atoms with Gasteiger partial charge < -0.3 is 10.6 Å². The maximum absolute atomic E-state index is 12.9. The number of nitrogens with zero attached hydrogens (tertiary/aromatic N) is 2. The minimum Gasteiger partial charge on any atom is -0.340 e. The quantitative estimate of drug-likeness (QED) is 0.779. The molecule has 0 spiro atoms. The van der Waals surface area contributed by atoms with E-state index in [1.54, 1.807) is 24.0 Å². The Labute approximate surface area is 174 Å². The van der Waals surface area contributed by atoms with Crippen molar-refractivity contribution in [2.24, 2.45) is 11.7 Å². The summed E-state index contributed by atoms with van der Waals surface area (Å²) in [6, 6.07) is 7.44. The average Bonchev–Trinajstić information content (AvgIpc) is 2.73. The van der Waals surface area contributed by atoms with Crippen LogP contribution in [0.3, 0.4) is 0 Å². The molecule has 1 aliphatic carbocycles. The number of hydrogen-bond acceptors (Lipinski definition) is 4. The lowest BCUT2D eigenvalue weighted by molar-refractivity contribution is -0.135. The molecule has 1 aromatic carbocycles. The van der Waals surface area contributed by atoms with E-state index >= 15 is 0 Å². The smallest absolute Gasteiger partial charge is 0.243 e. The van der Waals surface area contributed by atoms with Gasteiger partial charge in [0.05, 0.1) is 4.90 Å². The Kier molecular flexibility index (Phi) is 8.30. The molecule has 1 atom stereocenters. The van der Waals surface area contributed by atoms with Crippen molar-refractivity contribution in [3.63, 3.8) is 0 Å².